The Kier molecular flexibility index (Phi) is 3.49. The molecule has 6 heteroatoms. The van der Waals surface area contributed by atoms with Gasteiger partial charge in [0.15, 0.2) is 0 Å². The van der Waals surface area contributed by atoms with Crippen LogP contribution in [0.15, 0.2) is 42.5 Å². The van der Waals surface area contributed by atoms with Gasteiger partial charge in [0.1, 0.15) is 0 Å². The molecule has 130 valence electrons. The molecule has 2 heterocycles. The van der Waals surface area contributed by atoms with Crippen molar-refractivity contribution in [3.63, 3.8) is 0 Å². The van der Waals surface area contributed by atoms with Crippen LogP contribution in [-0.2, 0) is 4.74 Å². The van der Waals surface area contributed by atoms with Gasteiger partial charge in [0.2, 0.25) is 0 Å². The van der Waals surface area contributed by atoms with Crippen molar-refractivity contribution >= 4 is 28.7 Å². The molecule has 0 bridgehead atoms. The lowest BCUT2D eigenvalue weighted by Gasteiger charge is -2.62. The van der Waals surface area contributed by atoms with E-state index in [4.69, 9.17) is 16.2 Å². The molecule has 25 heavy (non-hydrogen) atoms. The fourth-order valence-electron chi connectivity index (χ4n) is 3.96. The van der Waals surface area contributed by atoms with Crippen molar-refractivity contribution in [1.29, 1.82) is 0 Å². The van der Waals surface area contributed by atoms with Crippen LogP contribution in [-0.4, -0.2) is 39.3 Å². The molecule has 0 amide bonds. The summed E-state index contributed by atoms with van der Waals surface area (Å²) in [5.74, 6) is -0.399. The topological polar surface area (TPSA) is 84.8 Å². The van der Waals surface area contributed by atoms with Gasteiger partial charge < -0.3 is 26.0 Å². The number of hydrogen-bond donors (Lipinski definition) is 2. The Morgan fingerprint density at radius 2 is 1.56 bits per heavy atom. The molecule has 4 N–H and O–H groups in total. The van der Waals surface area contributed by atoms with Crippen LogP contribution in [0.3, 0.4) is 0 Å². The Bertz CT molecular complexity index is 822. The molecule has 2 aromatic rings. The summed E-state index contributed by atoms with van der Waals surface area (Å²) >= 11 is 0. The first-order valence-corrected chi connectivity index (χ1v) is 8.34. The van der Waals surface area contributed by atoms with Crippen LogP contribution in [0.5, 0.6) is 0 Å². The van der Waals surface area contributed by atoms with Crippen LogP contribution in [0, 0.1) is 5.41 Å². The van der Waals surface area contributed by atoms with Crippen LogP contribution in [0.4, 0.5) is 22.7 Å². The molecule has 2 aromatic carbocycles. The van der Waals surface area contributed by atoms with Crippen molar-refractivity contribution in [2.24, 2.45) is 5.41 Å². The number of hydrogen-bond acceptors (Lipinski definition) is 6. The van der Waals surface area contributed by atoms with Crippen molar-refractivity contribution in [2.75, 3.05) is 54.6 Å². The van der Waals surface area contributed by atoms with Gasteiger partial charge in [-0.05, 0) is 24.3 Å². The van der Waals surface area contributed by atoms with Gasteiger partial charge in [-0.15, -0.1) is 0 Å². The minimum absolute atomic E-state index is 0.288. The Labute approximate surface area is 147 Å². The summed E-state index contributed by atoms with van der Waals surface area (Å²) in [5, 5.41) is 0. The Morgan fingerprint density at radius 1 is 0.960 bits per heavy atom. The minimum atomic E-state index is -0.399. The summed E-state index contributed by atoms with van der Waals surface area (Å²) < 4.78 is 4.80. The van der Waals surface area contributed by atoms with E-state index in [1.807, 2.05) is 30.3 Å². The fourth-order valence-corrected chi connectivity index (χ4v) is 3.96. The number of carbonyl (C=O) groups excluding carboxylic acids is 1. The second-order valence-corrected chi connectivity index (χ2v) is 7.00. The molecular weight excluding hydrogens is 316 g/mol. The number of ether oxygens (including phenoxy) is 1. The van der Waals surface area contributed by atoms with Crippen LogP contribution >= 0.6 is 0 Å². The average Bonchev–Trinajstić information content (AvgIpc) is 2.54. The van der Waals surface area contributed by atoms with Gasteiger partial charge in [-0.25, -0.2) is 4.79 Å². The summed E-state index contributed by atoms with van der Waals surface area (Å²) in [6, 6.07) is 13.5. The maximum atomic E-state index is 11.8. The van der Waals surface area contributed by atoms with Crippen LogP contribution < -0.4 is 21.3 Å². The van der Waals surface area contributed by atoms with Crippen molar-refractivity contribution in [1.82, 2.24) is 0 Å². The zero-order chi connectivity index (χ0) is 17.6. The molecule has 0 atom stereocenters. The van der Waals surface area contributed by atoms with Crippen molar-refractivity contribution in [3.05, 3.63) is 48.0 Å². The van der Waals surface area contributed by atoms with E-state index in [0.29, 0.717) is 11.3 Å². The predicted molar refractivity (Wildman–Crippen MR) is 99.9 cm³/mol. The van der Waals surface area contributed by atoms with Crippen molar-refractivity contribution < 1.29 is 9.53 Å². The van der Waals surface area contributed by atoms with Gasteiger partial charge in [0, 0.05) is 31.6 Å². The van der Waals surface area contributed by atoms with E-state index in [2.05, 4.69) is 15.9 Å². The van der Waals surface area contributed by atoms with E-state index in [1.54, 1.807) is 6.07 Å². The molecule has 0 aromatic heterocycles. The molecule has 0 aliphatic carbocycles. The van der Waals surface area contributed by atoms with Gasteiger partial charge in [-0.1, -0.05) is 18.2 Å². The number of nitrogen functional groups attached to an aromatic ring is 2. The van der Waals surface area contributed by atoms with Gasteiger partial charge in [0.25, 0.3) is 0 Å². The molecule has 2 aliphatic rings. The summed E-state index contributed by atoms with van der Waals surface area (Å²) in [6.45, 7) is 3.86. The van der Waals surface area contributed by atoms with E-state index >= 15 is 0 Å². The van der Waals surface area contributed by atoms with E-state index in [-0.39, 0.29) is 5.41 Å². The summed E-state index contributed by atoms with van der Waals surface area (Å²) in [7, 11) is 1.37. The molecule has 4 rings (SSSR count). The highest BCUT2D eigenvalue weighted by Gasteiger charge is 2.52. The SMILES string of the molecule is COC(=O)c1cccc(N2CC3(CN(c4ccccc4N)C3)C2)c1N. The smallest absolute Gasteiger partial charge is 0.340 e. The summed E-state index contributed by atoms with van der Waals surface area (Å²) in [6.07, 6.45) is 0. The largest absolute Gasteiger partial charge is 0.465 e. The number of nitrogens with zero attached hydrogens (tertiary/aromatic N) is 2. The van der Waals surface area contributed by atoms with Crippen LogP contribution in [0.25, 0.3) is 0 Å². The molecule has 2 fully saturated rings. The quantitative estimate of drug-likeness (QED) is 0.657. The lowest BCUT2D eigenvalue weighted by Crippen LogP contribution is -2.72. The Morgan fingerprint density at radius 3 is 2.20 bits per heavy atom. The van der Waals surface area contributed by atoms with Crippen LogP contribution in [0.2, 0.25) is 0 Å². The van der Waals surface area contributed by atoms with E-state index in [9.17, 15) is 4.79 Å². The number of rotatable bonds is 3. The first-order valence-electron chi connectivity index (χ1n) is 8.34. The molecule has 1 spiro atoms. The first-order chi connectivity index (χ1) is 12.0. The van der Waals surface area contributed by atoms with E-state index in [1.165, 1.54) is 7.11 Å². The Balaban J connectivity index is 1.44. The van der Waals surface area contributed by atoms with Crippen molar-refractivity contribution in [2.45, 2.75) is 0 Å². The zero-order valence-electron chi connectivity index (χ0n) is 14.2. The Hall–Kier alpha value is -2.89. The maximum Gasteiger partial charge on any atom is 0.340 e. The molecule has 0 saturated carbocycles. The number of methoxy groups -OCH3 is 1. The lowest BCUT2D eigenvalue weighted by atomic mass is 9.72. The van der Waals surface area contributed by atoms with E-state index < -0.39 is 5.97 Å². The highest BCUT2D eigenvalue weighted by molar-refractivity contribution is 5.98. The molecule has 0 unspecified atom stereocenters. The van der Waals surface area contributed by atoms with Gasteiger partial charge in [-0.2, -0.15) is 0 Å². The lowest BCUT2D eigenvalue weighted by molar-refractivity contribution is 0.0602. The number of carbonyl (C=O) groups is 1. The molecule has 2 aliphatic heterocycles. The minimum Gasteiger partial charge on any atom is -0.465 e. The monoisotopic (exact) mass is 338 g/mol. The summed E-state index contributed by atoms with van der Waals surface area (Å²) in [4.78, 5) is 16.4. The second-order valence-electron chi connectivity index (χ2n) is 7.00. The predicted octanol–water partition coefficient (Wildman–Crippen LogP) is 1.96. The number of benzene rings is 2. The highest BCUT2D eigenvalue weighted by atomic mass is 16.5. The second kappa shape index (κ2) is 5.58. The number of anilines is 4. The molecule has 6 nitrogen and oxygen atoms in total. The van der Waals surface area contributed by atoms with E-state index in [0.717, 1.165) is 43.2 Å². The average molecular weight is 338 g/mol. The third-order valence-corrected chi connectivity index (χ3v) is 5.21. The fraction of sp³-hybridized carbons (Fsp3) is 0.316. The maximum absolute atomic E-state index is 11.8. The first kappa shape index (κ1) is 15.6. The summed E-state index contributed by atoms with van der Waals surface area (Å²) in [5.41, 5.74) is 16.3. The zero-order valence-corrected chi connectivity index (χ0v) is 14.2. The number of nitrogens with two attached hydrogens (primary N) is 2. The van der Waals surface area contributed by atoms with Gasteiger partial charge in [0.05, 0.1) is 35.4 Å². The van der Waals surface area contributed by atoms with Crippen molar-refractivity contribution in [3.8, 4) is 0 Å². The molecule has 2 saturated heterocycles. The van der Waals surface area contributed by atoms with Gasteiger partial charge >= 0.3 is 5.97 Å². The molecular formula is C19H22N4O2. The third kappa shape index (κ3) is 2.45. The number of para-hydroxylation sites is 3. The normalized spacial score (nSPS) is 17.8. The van der Waals surface area contributed by atoms with Crippen LogP contribution in [0.1, 0.15) is 10.4 Å². The molecule has 0 radical (unpaired) electrons. The third-order valence-electron chi connectivity index (χ3n) is 5.21. The number of esters is 1. The highest BCUT2D eigenvalue weighted by Crippen LogP contribution is 2.46. The standard InChI is InChI=1S/C19H22N4O2/c1-25-18(24)13-5-4-8-16(17(13)21)23-11-19(12-23)9-22(10-19)15-7-3-2-6-14(15)20/h2-8H,9-12,20-21H2,1H3. The van der Waals surface area contributed by atoms with Gasteiger partial charge in [-0.3, -0.25) is 0 Å².